The van der Waals surface area contributed by atoms with E-state index in [1.807, 2.05) is 98.5 Å². The molecule has 49 heavy (non-hydrogen) atoms. The van der Waals surface area contributed by atoms with E-state index in [-0.39, 0.29) is 54.2 Å². The fourth-order valence-electron chi connectivity index (χ4n) is 7.42. The lowest BCUT2D eigenvalue weighted by atomic mass is 9.79. The molecule has 2 aliphatic rings. The van der Waals surface area contributed by atoms with Crippen molar-refractivity contribution in [3.63, 3.8) is 0 Å². The number of amides is 2. The average Bonchev–Trinajstić information content (AvgIpc) is 3.85. The van der Waals surface area contributed by atoms with Crippen molar-refractivity contribution in [3.05, 3.63) is 112 Å². The van der Waals surface area contributed by atoms with E-state index in [2.05, 4.69) is 10.3 Å². The van der Waals surface area contributed by atoms with Crippen LogP contribution in [-0.2, 0) is 33.9 Å². The Morgan fingerprint density at radius 1 is 1.06 bits per heavy atom. The third kappa shape index (κ3) is 7.30. The molecule has 8 nitrogen and oxygen atoms in total. The van der Waals surface area contributed by atoms with Gasteiger partial charge in [-0.15, -0.1) is 11.3 Å². The predicted octanol–water partition coefficient (Wildman–Crippen LogP) is 5.56. The van der Waals surface area contributed by atoms with E-state index in [0.717, 1.165) is 45.7 Å². The number of aromatic nitrogens is 1. The maximum atomic E-state index is 14.2. The van der Waals surface area contributed by atoms with Crippen molar-refractivity contribution in [2.24, 2.45) is 17.8 Å². The van der Waals surface area contributed by atoms with Gasteiger partial charge in [0.05, 0.1) is 27.6 Å². The van der Waals surface area contributed by atoms with E-state index in [9.17, 15) is 19.2 Å². The minimum Gasteiger partial charge on any atom is -0.457 e. The molecular formula is C39H43N3O5SSi. The molecule has 1 aliphatic heterocycles. The van der Waals surface area contributed by atoms with Gasteiger partial charge in [-0.2, -0.15) is 0 Å². The van der Waals surface area contributed by atoms with Crippen molar-refractivity contribution >= 4 is 45.1 Å². The van der Waals surface area contributed by atoms with Crippen molar-refractivity contribution < 1.29 is 23.9 Å². The Hall–Kier alpha value is -4.41. The first-order valence-electron chi connectivity index (χ1n) is 17.1. The highest BCUT2D eigenvalue weighted by atomic mass is 32.1. The van der Waals surface area contributed by atoms with Gasteiger partial charge in [0, 0.05) is 46.4 Å². The molecule has 1 saturated heterocycles. The van der Waals surface area contributed by atoms with Gasteiger partial charge in [0.15, 0.2) is 5.78 Å². The fourth-order valence-corrected chi connectivity index (χ4v) is 9.12. The van der Waals surface area contributed by atoms with Crippen LogP contribution in [0.5, 0.6) is 0 Å². The van der Waals surface area contributed by atoms with Gasteiger partial charge >= 0.3 is 5.97 Å². The van der Waals surface area contributed by atoms with Gasteiger partial charge in [0.2, 0.25) is 11.8 Å². The minimum atomic E-state index is -0.463. The lowest BCUT2D eigenvalue weighted by Gasteiger charge is -2.35. The average molecular weight is 694 g/mol. The van der Waals surface area contributed by atoms with E-state index in [1.54, 1.807) is 5.51 Å². The van der Waals surface area contributed by atoms with Crippen LogP contribution < -0.4 is 5.32 Å². The highest BCUT2D eigenvalue weighted by Crippen LogP contribution is 2.38. The van der Waals surface area contributed by atoms with Crippen molar-refractivity contribution in [2.75, 3.05) is 6.54 Å². The zero-order chi connectivity index (χ0) is 34.7. The fraction of sp³-hybridized carbons (Fsp3) is 0.359. The Balaban J connectivity index is 1.16. The summed E-state index contributed by atoms with van der Waals surface area (Å²) in [7, 11) is 0.545. The summed E-state index contributed by atoms with van der Waals surface area (Å²) in [4.78, 5) is 62.1. The molecule has 2 heterocycles. The van der Waals surface area contributed by atoms with Gasteiger partial charge < -0.3 is 15.0 Å². The Labute approximate surface area is 294 Å². The van der Waals surface area contributed by atoms with Gasteiger partial charge in [0.25, 0.3) is 0 Å². The van der Waals surface area contributed by atoms with Crippen LogP contribution in [0.1, 0.15) is 69.8 Å². The summed E-state index contributed by atoms with van der Waals surface area (Å²) in [6.45, 7) is 6.84. The van der Waals surface area contributed by atoms with Crippen LogP contribution in [0.3, 0.4) is 0 Å². The topological polar surface area (TPSA) is 106 Å². The smallest absolute Gasteiger partial charge is 0.338 e. The lowest BCUT2D eigenvalue weighted by molar-refractivity contribution is -0.140. The number of ether oxygens (including phenoxy) is 1. The molecule has 0 radical (unpaired) electrons. The molecular weight excluding hydrogens is 651 g/mol. The third-order valence-electron chi connectivity index (χ3n) is 10.1. The third-order valence-corrected chi connectivity index (χ3v) is 12.3. The molecule has 1 N–H and O–H groups in total. The van der Waals surface area contributed by atoms with Crippen LogP contribution in [0, 0.1) is 24.7 Å². The number of Topliss-reactive ketones (excluding diaryl/α,β-unsaturated/α-hetero) is 1. The lowest BCUT2D eigenvalue weighted by Crippen LogP contribution is -2.48. The standard InChI is InChI=1S/C39H43N3O5SSi/c1-23(2)33(31-18-26-12-7-8-13-29(26)34(31)43)38(45)42-17-9-14-32(42)36(49)37(44)40-20-28-16-15-27(35-24(3)41-22-48-35)19-30(28)39(46)47-21-25-10-5-4-6-11-25/h4-8,10-13,15-16,19,22-23,31-33,36H,9,14,17-18,20-21H2,1-3,49H3,(H,40,44)/t31?,32?,33-,36-/m0/s1. The predicted molar refractivity (Wildman–Crippen MR) is 194 cm³/mol. The zero-order valence-electron chi connectivity index (χ0n) is 28.5. The molecule has 3 aromatic carbocycles. The number of carbonyl (C=O) groups is 4. The van der Waals surface area contributed by atoms with Gasteiger partial charge in [-0.05, 0) is 60.4 Å². The van der Waals surface area contributed by atoms with E-state index in [1.165, 1.54) is 11.3 Å². The highest BCUT2D eigenvalue weighted by molar-refractivity contribution is 7.13. The quantitative estimate of drug-likeness (QED) is 0.163. The van der Waals surface area contributed by atoms with Crippen LogP contribution in [0.25, 0.3) is 10.4 Å². The number of esters is 1. The summed E-state index contributed by atoms with van der Waals surface area (Å²) >= 11 is 1.51. The van der Waals surface area contributed by atoms with Gasteiger partial charge in [0.1, 0.15) is 6.61 Å². The summed E-state index contributed by atoms with van der Waals surface area (Å²) in [6, 6.07) is 22.6. The second-order valence-electron chi connectivity index (χ2n) is 13.6. The molecule has 2 unspecified atom stereocenters. The zero-order valence-corrected chi connectivity index (χ0v) is 31.3. The Morgan fingerprint density at radius 2 is 1.82 bits per heavy atom. The Bertz CT molecular complexity index is 1860. The normalized spacial score (nSPS) is 18.4. The van der Waals surface area contributed by atoms with E-state index in [0.29, 0.717) is 34.3 Å². The summed E-state index contributed by atoms with van der Waals surface area (Å²) < 4.78 is 5.72. The number of carbonyl (C=O) groups excluding carboxylic acids is 4. The van der Waals surface area contributed by atoms with Gasteiger partial charge in [-0.25, -0.2) is 9.78 Å². The molecule has 4 aromatic rings. The number of fused-ring (bicyclic) bond motifs is 1. The van der Waals surface area contributed by atoms with Crippen LogP contribution in [0.4, 0.5) is 0 Å². The first kappa shape index (κ1) is 34.4. The van der Waals surface area contributed by atoms with Crippen molar-refractivity contribution in [1.82, 2.24) is 15.2 Å². The first-order chi connectivity index (χ1) is 23.6. The number of hydrogen-bond acceptors (Lipinski definition) is 7. The molecule has 1 aliphatic carbocycles. The van der Waals surface area contributed by atoms with Crippen molar-refractivity contribution in [1.29, 1.82) is 0 Å². The van der Waals surface area contributed by atoms with Crippen LogP contribution in [0.2, 0.25) is 5.54 Å². The van der Waals surface area contributed by atoms with Gasteiger partial charge in [-0.3, -0.25) is 14.4 Å². The molecule has 0 spiro atoms. The second-order valence-corrected chi connectivity index (χ2v) is 15.6. The summed E-state index contributed by atoms with van der Waals surface area (Å²) in [5.74, 6) is -1.41. The highest BCUT2D eigenvalue weighted by Gasteiger charge is 2.45. The molecule has 0 bridgehead atoms. The van der Waals surface area contributed by atoms with E-state index >= 15 is 0 Å². The second kappa shape index (κ2) is 15.0. The number of rotatable bonds is 11. The number of thiazole rings is 1. The minimum absolute atomic E-state index is 0.0184. The molecule has 4 atom stereocenters. The monoisotopic (exact) mass is 693 g/mol. The number of ketones is 1. The number of aryl methyl sites for hydroxylation is 1. The largest absolute Gasteiger partial charge is 0.457 e. The Kier molecular flexibility index (Phi) is 10.5. The Morgan fingerprint density at radius 3 is 2.53 bits per heavy atom. The first-order valence-corrected chi connectivity index (χ1v) is 19.1. The SMILES string of the molecule is Cc1ncsc1-c1ccc(CNC(=O)[C@@H]([SiH3])C2CCCN2C(=O)[C@@H](C(C)C)C2Cc3ccccc3C2=O)c(C(=O)OCc2ccccc2)c1. The van der Waals surface area contributed by atoms with Gasteiger partial charge in [-0.1, -0.05) is 80.6 Å². The summed E-state index contributed by atoms with van der Waals surface area (Å²) in [6.07, 6.45) is 2.14. The maximum Gasteiger partial charge on any atom is 0.338 e. The van der Waals surface area contributed by atoms with E-state index in [4.69, 9.17) is 4.74 Å². The number of nitrogens with zero attached hydrogens (tertiary/aromatic N) is 2. The molecule has 0 saturated carbocycles. The number of likely N-dealkylation sites (tertiary alicyclic amines) is 1. The molecule has 6 rings (SSSR count). The molecule has 254 valence electrons. The summed E-state index contributed by atoms with van der Waals surface area (Å²) in [5, 5.41) is 3.08. The number of nitrogens with one attached hydrogen (secondary N) is 1. The molecule has 1 fully saturated rings. The van der Waals surface area contributed by atoms with Crippen LogP contribution in [-0.4, -0.2) is 56.3 Å². The molecule has 10 heteroatoms. The number of hydrogen-bond donors (Lipinski definition) is 1. The maximum absolute atomic E-state index is 14.2. The van der Waals surface area contributed by atoms with E-state index < -0.39 is 11.9 Å². The van der Waals surface area contributed by atoms with Crippen molar-refractivity contribution in [3.8, 4) is 10.4 Å². The molecule has 2 amide bonds. The number of benzene rings is 3. The van der Waals surface area contributed by atoms with Crippen LogP contribution in [0.15, 0.2) is 78.3 Å². The summed E-state index contributed by atoms with van der Waals surface area (Å²) in [5.41, 5.74) is 6.85. The van der Waals surface area contributed by atoms with Crippen molar-refractivity contribution in [2.45, 2.75) is 64.8 Å². The molecule has 1 aromatic heterocycles. The van der Waals surface area contributed by atoms with Crippen LogP contribution >= 0.6 is 11.3 Å².